The Bertz CT molecular complexity index is 940. The topological polar surface area (TPSA) is 111 Å². The molecule has 0 saturated carbocycles. The number of amides is 1. The number of esters is 1. The van der Waals surface area contributed by atoms with Crippen LogP contribution in [0.2, 0.25) is 0 Å². The van der Waals surface area contributed by atoms with Gasteiger partial charge in [-0.25, -0.2) is 8.42 Å². The monoisotopic (exact) mass is 420 g/mol. The SMILES string of the molecule is COc1ccc(CNC(=O)[C@H](C)OC(=O)CNS(=O)(=O)c2ccc(C)cc2)cc1. The molecule has 0 aliphatic rings. The number of ether oxygens (including phenoxy) is 2. The Morgan fingerprint density at radius 1 is 1.03 bits per heavy atom. The molecule has 9 heteroatoms. The first-order chi connectivity index (χ1) is 13.7. The fraction of sp³-hybridized carbons (Fsp3) is 0.300. The molecule has 8 nitrogen and oxygen atoms in total. The Hall–Kier alpha value is -2.91. The first-order valence-corrected chi connectivity index (χ1v) is 10.4. The van der Waals surface area contributed by atoms with Gasteiger partial charge < -0.3 is 14.8 Å². The molecule has 1 amide bonds. The summed E-state index contributed by atoms with van der Waals surface area (Å²) < 4.78 is 36.5. The summed E-state index contributed by atoms with van der Waals surface area (Å²) in [7, 11) is -2.28. The molecule has 29 heavy (non-hydrogen) atoms. The lowest BCUT2D eigenvalue weighted by Crippen LogP contribution is -2.38. The van der Waals surface area contributed by atoms with E-state index in [1.54, 1.807) is 43.5 Å². The van der Waals surface area contributed by atoms with E-state index in [4.69, 9.17) is 9.47 Å². The number of nitrogens with one attached hydrogen (secondary N) is 2. The van der Waals surface area contributed by atoms with Gasteiger partial charge in [-0.1, -0.05) is 29.8 Å². The number of sulfonamides is 1. The maximum absolute atomic E-state index is 12.2. The summed E-state index contributed by atoms with van der Waals surface area (Å²) in [5.41, 5.74) is 1.77. The largest absolute Gasteiger partial charge is 0.497 e. The van der Waals surface area contributed by atoms with Crippen LogP contribution in [0.1, 0.15) is 18.1 Å². The molecule has 0 saturated heterocycles. The molecular weight excluding hydrogens is 396 g/mol. The van der Waals surface area contributed by atoms with Crippen LogP contribution in [0.15, 0.2) is 53.4 Å². The van der Waals surface area contributed by atoms with Gasteiger partial charge in [0.2, 0.25) is 10.0 Å². The van der Waals surface area contributed by atoms with E-state index in [0.29, 0.717) is 5.75 Å². The zero-order valence-corrected chi connectivity index (χ0v) is 17.3. The van der Waals surface area contributed by atoms with Crippen LogP contribution in [-0.2, 0) is 30.9 Å². The molecule has 0 spiro atoms. The van der Waals surface area contributed by atoms with Crippen molar-refractivity contribution < 1.29 is 27.5 Å². The summed E-state index contributed by atoms with van der Waals surface area (Å²) in [6.07, 6.45) is -1.07. The summed E-state index contributed by atoms with van der Waals surface area (Å²) in [5.74, 6) is -0.640. The van der Waals surface area contributed by atoms with Gasteiger partial charge >= 0.3 is 5.97 Å². The van der Waals surface area contributed by atoms with Gasteiger partial charge in [-0.3, -0.25) is 9.59 Å². The molecular formula is C20H24N2O6S. The highest BCUT2D eigenvalue weighted by Gasteiger charge is 2.20. The lowest BCUT2D eigenvalue weighted by Gasteiger charge is -2.14. The number of carbonyl (C=O) groups excluding carboxylic acids is 2. The molecule has 2 aromatic carbocycles. The van der Waals surface area contributed by atoms with Gasteiger partial charge in [0.25, 0.3) is 5.91 Å². The van der Waals surface area contributed by atoms with Gasteiger partial charge in [-0.15, -0.1) is 0 Å². The fourth-order valence-electron chi connectivity index (χ4n) is 2.32. The molecule has 2 rings (SSSR count). The van der Waals surface area contributed by atoms with E-state index in [1.165, 1.54) is 19.1 Å². The standard InChI is InChI=1S/C20H24N2O6S/c1-14-4-10-18(11-5-14)29(25,26)22-13-19(23)28-15(2)20(24)21-12-16-6-8-17(27-3)9-7-16/h4-11,15,22H,12-13H2,1-3H3,(H,21,24)/t15-/m0/s1. The van der Waals surface area contributed by atoms with E-state index in [-0.39, 0.29) is 11.4 Å². The summed E-state index contributed by atoms with van der Waals surface area (Å²) in [4.78, 5) is 24.0. The highest BCUT2D eigenvalue weighted by molar-refractivity contribution is 7.89. The quantitative estimate of drug-likeness (QED) is 0.595. The molecule has 2 aromatic rings. The first-order valence-electron chi connectivity index (χ1n) is 8.88. The van der Waals surface area contributed by atoms with Crippen molar-refractivity contribution in [1.29, 1.82) is 0 Å². The Morgan fingerprint density at radius 2 is 1.66 bits per heavy atom. The number of benzene rings is 2. The second-order valence-electron chi connectivity index (χ2n) is 6.34. The van der Waals surface area contributed by atoms with Gasteiger partial charge in [-0.05, 0) is 43.7 Å². The molecule has 2 N–H and O–H groups in total. The third-order valence-electron chi connectivity index (χ3n) is 4.04. The Kier molecular flexibility index (Phi) is 7.74. The van der Waals surface area contributed by atoms with Crippen molar-refractivity contribution in [3.05, 3.63) is 59.7 Å². The van der Waals surface area contributed by atoms with Crippen molar-refractivity contribution >= 4 is 21.9 Å². The minimum absolute atomic E-state index is 0.0428. The maximum Gasteiger partial charge on any atom is 0.321 e. The van der Waals surface area contributed by atoms with E-state index < -0.39 is 34.5 Å². The van der Waals surface area contributed by atoms with Crippen LogP contribution in [0.3, 0.4) is 0 Å². The number of hydrogen-bond acceptors (Lipinski definition) is 6. The normalized spacial score (nSPS) is 12.1. The fourth-order valence-corrected chi connectivity index (χ4v) is 3.29. The third kappa shape index (κ3) is 6.88. The Morgan fingerprint density at radius 3 is 2.24 bits per heavy atom. The van der Waals surface area contributed by atoms with Crippen LogP contribution in [0.5, 0.6) is 5.75 Å². The number of methoxy groups -OCH3 is 1. The lowest BCUT2D eigenvalue weighted by atomic mass is 10.2. The second-order valence-corrected chi connectivity index (χ2v) is 8.10. The van der Waals surface area contributed by atoms with Crippen molar-refractivity contribution in [2.24, 2.45) is 0 Å². The summed E-state index contributed by atoms with van der Waals surface area (Å²) >= 11 is 0. The first kappa shape index (κ1) is 22.4. The molecule has 0 aliphatic carbocycles. The highest BCUT2D eigenvalue weighted by atomic mass is 32.2. The minimum Gasteiger partial charge on any atom is -0.497 e. The van der Waals surface area contributed by atoms with Crippen LogP contribution >= 0.6 is 0 Å². The van der Waals surface area contributed by atoms with Gasteiger partial charge in [0.15, 0.2) is 6.10 Å². The van der Waals surface area contributed by atoms with Crippen molar-refractivity contribution in [3.8, 4) is 5.75 Å². The van der Waals surface area contributed by atoms with Gasteiger partial charge in [-0.2, -0.15) is 4.72 Å². The zero-order chi connectivity index (χ0) is 21.4. The number of carbonyl (C=O) groups is 2. The zero-order valence-electron chi connectivity index (χ0n) is 16.5. The predicted octanol–water partition coefficient (Wildman–Crippen LogP) is 1.53. The molecule has 1 atom stereocenters. The van der Waals surface area contributed by atoms with Crippen LogP contribution in [0.25, 0.3) is 0 Å². The minimum atomic E-state index is -3.84. The van der Waals surface area contributed by atoms with Gasteiger partial charge in [0.05, 0.1) is 12.0 Å². The maximum atomic E-state index is 12.2. The molecule has 0 fully saturated rings. The average Bonchev–Trinajstić information content (AvgIpc) is 2.71. The number of hydrogen-bond donors (Lipinski definition) is 2. The highest BCUT2D eigenvalue weighted by Crippen LogP contribution is 2.11. The second kappa shape index (κ2) is 10.0. The van der Waals surface area contributed by atoms with Crippen molar-refractivity contribution in [2.75, 3.05) is 13.7 Å². The van der Waals surface area contributed by atoms with Crippen molar-refractivity contribution in [1.82, 2.24) is 10.0 Å². The molecule has 0 aliphatic heterocycles. The molecule has 0 bridgehead atoms. The molecule has 156 valence electrons. The molecule has 0 unspecified atom stereocenters. The molecule has 0 aromatic heterocycles. The third-order valence-corrected chi connectivity index (χ3v) is 5.46. The number of aryl methyl sites for hydroxylation is 1. The predicted molar refractivity (Wildman–Crippen MR) is 107 cm³/mol. The average molecular weight is 420 g/mol. The number of rotatable bonds is 9. The Balaban J connectivity index is 1.79. The van der Waals surface area contributed by atoms with Gasteiger partial charge in [0.1, 0.15) is 12.3 Å². The molecule has 0 heterocycles. The lowest BCUT2D eigenvalue weighted by molar-refractivity contribution is -0.153. The van der Waals surface area contributed by atoms with Gasteiger partial charge in [0, 0.05) is 6.54 Å². The summed E-state index contributed by atoms with van der Waals surface area (Å²) in [6, 6.07) is 13.3. The van der Waals surface area contributed by atoms with Crippen LogP contribution in [0.4, 0.5) is 0 Å². The smallest absolute Gasteiger partial charge is 0.321 e. The molecule has 0 radical (unpaired) electrons. The van der Waals surface area contributed by atoms with Crippen molar-refractivity contribution in [3.63, 3.8) is 0 Å². The van der Waals surface area contributed by atoms with Crippen LogP contribution in [-0.4, -0.2) is 40.1 Å². The van der Waals surface area contributed by atoms with Crippen LogP contribution < -0.4 is 14.8 Å². The van der Waals surface area contributed by atoms with E-state index in [2.05, 4.69) is 10.0 Å². The van der Waals surface area contributed by atoms with Crippen molar-refractivity contribution in [2.45, 2.75) is 31.4 Å². The van der Waals surface area contributed by atoms with Crippen LogP contribution in [0, 0.1) is 6.92 Å². The summed E-state index contributed by atoms with van der Waals surface area (Å²) in [6.45, 7) is 2.93. The van der Waals surface area contributed by atoms with E-state index in [0.717, 1.165) is 11.1 Å². The van der Waals surface area contributed by atoms with E-state index >= 15 is 0 Å². The Labute approximate surface area is 170 Å². The van der Waals surface area contributed by atoms with E-state index in [9.17, 15) is 18.0 Å². The van der Waals surface area contributed by atoms with E-state index in [1.807, 2.05) is 6.92 Å². The summed E-state index contributed by atoms with van der Waals surface area (Å²) in [5, 5.41) is 2.65.